The van der Waals surface area contributed by atoms with Crippen molar-refractivity contribution in [2.45, 2.75) is 30.8 Å². The fourth-order valence-corrected chi connectivity index (χ4v) is 4.67. The molecule has 1 aromatic carbocycles. The van der Waals surface area contributed by atoms with Gasteiger partial charge in [-0.3, -0.25) is 4.79 Å². The number of carbonyl (C=O) groups excluding carboxylic acids is 1. The lowest BCUT2D eigenvalue weighted by molar-refractivity contribution is 0.0725. The maximum absolute atomic E-state index is 12.5. The van der Waals surface area contributed by atoms with Crippen molar-refractivity contribution < 1.29 is 13.2 Å². The Labute approximate surface area is 137 Å². The number of piperidine rings is 1. The lowest BCUT2D eigenvalue weighted by Crippen LogP contribution is -2.42. The molecule has 4 nitrogen and oxygen atoms in total. The molecule has 22 heavy (non-hydrogen) atoms. The van der Waals surface area contributed by atoms with Crippen LogP contribution in [0.2, 0.25) is 0 Å². The van der Waals surface area contributed by atoms with Gasteiger partial charge in [0.25, 0.3) is 5.91 Å². The topological polar surface area (TPSA) is 54.5 Å². The zero-order chi connectivity index (χ0) is 16.2. The Hall–Kier alpha value is -1.01. The van der Waals surface area contributed by atoms with Gasteiger partial charge in [-0.25, -0.2) is 8.42 Å². The van der Waals surface area contributed by atoms with Crippen molar-refractivity contribution in [3.05, 3.63) is 35.4 Å². The second-order valence-electron chi connectivity index (χ2n) is 5.57. The van der Waals surface area contributed by atoms with E-state index >= 15 is 0 Å². The average molecular weight is 341 g/mol. The Bertz CT molecular complexity index is 603. The smallest absolute Gasteiger partial charge is 0.253 e. The molecule has 1 aliphatic heterocycles. The predicted octanol–water partition coefficient (Wildman–Crippen LogP) is 2.59. The highest BCUT2D eigenvalue weighted by molar-refractivity contribution is 7.97. The lowest BCUT2D eigenvalue weighted by atomic mass is 10.1. The van der Waals surface area contributed by atoms with Crippen LogP contribution in [0.3, 0.4) is 0 Å². The number of carbonyl (C=O) groups is 1. The molecule has 0 saturated carbocycles. The summed E-state index contributed by atoms with van der Waals surface area (Å²) in [6.45, 7) is 2.73. The monoisotopic (exact) mass is 341 g/mol. The first-order valence-electron chi connectivity index (χ1n) is 7.56. The molecule has 1 aliphatic rings. The van der Waals surface area contributed by atoms with Gasteiger partial charge in [0.2, 0.25) is 0 Å². The van der Waals surface area contributed by atoms with E-state index in [4.69, 9.17) is 0 Å². The molecule has 6 heteroatoms. The number of hydrogen-bond donors (Lipinski definition) is 0. The van der Waals surface area contributed by atoms with Crippen molar-refractivity contribution in [1.82, 2.24) is 4.90 Å². The van der Waals surface area contributed by atoms with Crippen molar-refractivity contribution in [3.63, 3.8) is 0 Å². The van der Waals surface area contributed by atoms with Crippen LogP contribution in [-0.4, -0.2) is 49.6 Å². The highest BCUT2D eigenvalue weighted by Gasteiger charge is 2.30. The number of benzene rings is 1. The molecular weight excluding hydrogens is 318 g/mol. The molecule has 0 aliphatic carbocycles. The number of likely N-dealkylation sites (tertiary alicyclic amines) is 1. The van der Waals surface area contributed by atoms with E-state index in [0.29, 0.717) is 31.5 Å². The Kier molecular flexibility index (Phi) is 5.92. The van der Waals surface area contributed by atoms with Crippen LogP contribution in [0.4, 0.5) is 0 Å². The van der Waals surface area contributed by atoms with Gasteiger partial charge in [-0.1, -0.05) is 19.1 Å². The number of sulfone groups is 1. The summed E-state index contributed by atoms with van der Waals surface area (Å²) in [7, 11) is -2.99. The minimum absolute atomic E-state index is 0.00282. The van der Waals surface area contributed by atoms with Gasteiger partial charge in [-0.15, -0.1) is 0 Å². The first-order valence-corrected chi connectivity index (χ1v) is 10.7. The summed E-state index contributed by atoms with van der Waals surface area (Å²) in [6, 6.07) is 7.70. The summed E-state index contributed by atoms with van der Waals surface area (Å²) in [5.41, 5.74) is 1.89. The molecule has 0 bridgehead atoms. The summed E-state index contributed by atoms with van der Waals surface area (Å²) in [5.74, 6) is 1.13. The van der Waals surface area contributed by atoms with Gasteiger partial charge in [0.15, 0.2) is 9.84 Å². The Morgan fingerprint density at radius 1 is 1.23 bits per heavy atom. The number of nitrogens with zero attached hydrogens (tertiary/aromatic N) is 1. The molecule has 1 heterocycles. The van der Waals surface area contributed by atoms with Crippen LogP contribution in [0.1, 0.15) is 35.7 Å². The minimum atomic E-state index is -2.99. The summed E-state index contributed by atoms with van der Waals surface area (Å²) in [5, 5.41) is -0.287. The SMILES string of the molecule is CCS(=O)(=O)C1CCN(C(=O)c2ccc(CSC)cc2)CC1. The van der Waals surface area contributed by atoms with E-state index in [1.54, 1.807) is 23.6 Å². The van der Waals surface area contributed by atoms with Crippen LogP contribution in [0, 0.1) is 0 Å². The fourth-order valence-electron chi connectivity index (χ4n) is 2.75. The summed E-state index contributed by atoms with van der Waals surface area (Å²) >= 11 is 1.75. The number of thioether (sulfide) groups is 1. The van der Waals surface area contributed by atoms with E-state index in [9.17, 15) is 13.2 Å². The lowest BCUT2D eigenvalue weighted by Gasteiger charge is -2.31. The van der Waals surface area contributed by atoms with Crippen molar-refractivity contribution in [1.29, 1.82) is 0 Å². The zero-order valence-corrected chi connectivity index (χ0v) is 14.8. The molecule has 122 valence electrons. The largest absolute Gasteiger partial charge is 0.339 e. The molecule has 0 unspecified atom stereocenters. The first kappa shape index (κ1) is 17.3. The summed E-state index contributed by atoms with van der Waals surface area (Å²) < 4.78 is 23.8. The normalized spacial score (nSPS) is 16.7. The van der Waals surface area contributed by atoms with Gasteiger partial charge in [0.1, 0.15) is 0 Å². The maximum Gasteiger partial charge on any atom is 0.253 e. The molecule has 0 aromatic heterocycles. The second-order valence-corrected chi connectivity index (χ2v) is 9.01. The second kappa shape index (κ2) is 7.51. The Morgan fingerprint density at radius 2 is 1.82 bits per heavy atom. The maximum atomic E-state index is 12.5. The van der Waals surface area contributed by atoms with Crippen molar-refractivity contribution in [2.24, 2.45) is 0 Å². The van der Waals surface area contributed by atoms with Crippen LogP contribution in [0.15, 0.2) is 24.3 Å². The third kappa shape index (κ3) is 4.04. The van der Waals surface area contributed by atoms with Crippen LogP contribution in [-0.2, 0) is 15.6 Å². The molecule has 1 fully saturated rings. The molecule has 0 N–H and O–H groups in total. The third-order valence-corrected chi connectivity index (χ3v) is 7.07. The molecule has 1 aromatic rings. The van der Waals surface area contributed by atoms with Gasteiger partial charge in [-0.2, -0.15) is 11.8 Å². The van der Waals surface area contributed by atoms with Crippen molar-refractivity contribution >= 4 is 27.5 Å². The predicted molar refractivity (Wildman–Crippen MR) is 92.0 cm³/mol. The van der Waals surface area contributed by atoms with E-state index in [1.807, 2.05) is 30.5 Å². The molecule has 1 amide bonds. The summed E-state index contributed by atoms with van der Waals surface area (Å²) in [4.78, 5) is 14.2. The minimum Gasteiger partial charge on any atom is -0.339 e. The van der Waals surface area contributed by atoms with Crippen LogP contribution in [0.25, 0.3) is 0 Å². The average Bonchev–Trinajstić information content (AvgIpc) is 2.55. The van der Waals surface area contributed by atoms with E-state index in [-0.39, 0.29) is 16.9 Å². The van der Waals surface area contributed by atoms with Crippen LogP contribution in [0.5, 0.6) is 0 Å². The first-order chi connectivity index (χ1) is 10.5. The van der Waals surface area contributed by atoms with Gasteiger partial charge in [-0.05, 0) is 36.8 Å². The van der Waals surface area contributed by atoms with Crippen molar-refractivity contribution in [3.8, 4) is 0 Å². The van der Waals surface area contributed by atoms with E-state index in [1.165, 1.54) is 5.56 Å². The third-order valence-electron chi connectivity index (χ3n) is 4.15. The van der Waals surface area contributed by atoms with E-state index in [0.717, 1.165) is 5.75 Å². The number of rotatable bonds is 5. The van der Waals surface area contributed by atoms with Crippen LogP contribution >= 0.6 is 11.8 Å². The summed E-state index contributed by atoms with van der Waals surface area (Å²) in [6.07, 6.45) is 3.15. The molecule has 1 saturated heterocycles. The quantitative estimate of drug-likeness (QED) is 0.826. The number of hydrogen-bond acceptors (Lipinski definition) is 4. The van der Waals surface area contributed by atoms with Crippen molar-refractivity contribution in [2.75, 3.05) is 25.1 Å². The Balaban J connectivity index is 1.97. The van der Waals surface area contributed by atoms with E-state index in [2.05, 4.69) is 0 Å². The van der Waals surface area contributed by atoms with Crippen LogP contribution < -0.4 is 0 Å². The highest BCUT2D eigenvalue weighted by Crippen LogP contribution is 2.20. The van der Waals surface area contributed by atoms with Gasteiger partial charge in [0.05, 0.1) is 5.25 Å². The van der Waals surface area contributed by atoms with Gasteiger partial charge in [0, 0.05) is 30.2 Å². The van der Waals surface area contributed by atoms with Gasteiger partial charge < -0.3 is 4.90 Å². The molecule has 0 radical (unpaired) electrons. The van der Waals surface area contributed by atoms with Gasteiger partial charge >= 0.3 is 0 Å². The van der Waals surface area contributed by atoms with E-state index < -0.39 is 9.84 Å². The molecule has 0 spiro atoms. The fraction of sp³-hybridized carbons (Fsp3) is 0.562. The molecular formula is C16H23NO3S2. The molecule has 2 rings (SSSR count). The standard InChI is InChI=1S/C16H23NO3S2/c1-3-22(19,20)15-8-10-17(11-9-15)16(18)14-6-4-13(5-7-14)12-21-2/h4-7,15H,3,8-12H2,1-2H3. The molecule has 0 atom stereocenters. The zero-order valence-electron chi connectivity index (χ0n) is 13.1. The Morgan fingerprint density at radius 3 is 2.32 bits per heavy atom. The highest BCUT2D eigenvalue weighted by atomic mass is 32.2. The number of amides is 1.